The Balaban J connectivity index is 1.81. The smallest absolute Gasteiger partial charge is 0.322 e. The van der Waals surface area contributed by atoms with Crippen molar-refractivity contribution in [1.29, 1.82) is 0 Å². The van der Waals surface area contributed by atoms with E-state index in [-0.39, 0.29) is 18.8 Å². The first-order valence-corrected chi connectivity index (χ1v) is 9.51. The standard InChI is InChI=1S/C22H21FN2O6/c23-16-7-5-14(6-8-16)13-1-3-15(4-2-13)17(12-26)25-10-9-18(27)20(22(25)31)21(30)24-11-19(28)29/h1-8,17,26-27H,9-12H2,(H,24,30)(H,28,29). The zero-order valence-corrected chi connectivity index (χ0v) is 16.4. The summed E-state index contributed by atoms with van der Waals surface area (Å²) in [6, 6.07) is 12.2. The molecule has 1 aliphatic heterocycles. The minimum absolute atomic E-state index is 0.00821. The van der Waals surface area contributed by atoms with Crippen LogP contribution in [0, 0.1) is 5.82 Å². The zero-order valence-electron chi connectivity index (χ0n) is 16.4. The maximum Gasteiger partial charge on any atom is 0.322 e. The first kappa shape index (κ1) is 22.0. The van der Waals surface area contributed by atoms with Crippen LogP contribution in [0.25, 0.3) is 11.1 Å². The second-order valence-corrected chi connectivity index (χ2v) is 6.97. The highest BCUT2D eigenvalue weighted by Crippen LogP contribution is 2.29. The second kappa shape index (κ2) is 9.40. The third kappa shape index (κ3) is 4.89. The first-order chi connectivity index (χ1) is 14.8. The Morgan fingerprint density at radius 1 is 1.06 bits per heavy atom. The summed E-state index contributed by atoms with van der Waals surface area (Å²) in [5.74, 6) is -3.84. The van der Waals surface area contributed by atoms with Crippen LogP contribution in [0.4, 0.5) is 4.39 Å². The lowest BCUT2D eigenvalue weighted by atomic mass is 9.97. The molecule has 0 saturated heterocycles. The molecule has 0 bridgehead atoms. The molecule has 4 N–H and O–H groups in total. The fourth-order valence-electron chi connectivity index (χ4n) is 3.41. The predicted molar refractivity (Wildman–Crippen MR) is 108 cm³/mol. The summed E-state index contributed by atoms with van der Waals surface area (Å²) in [4.78, 5) is 37.0. The largest absolute Gasteiger partial charge is 0.511 e. The molecular weight excluding hydrogens is 407 g/mol. The van der Waals surface area contributed by atoms with E-state index < -0.39 is 48.3 Å². The molecule has 2 aromatic carbocycles. The number of nitrogens with one attached hydrogen (secondary N) is 1. The van der Waals surface area contributed by atoms with Crippen molar-refractivity contribution in [1.82, 2.24) is 10.2 Å². The summed E-state index contributed by atoms with van der Waals surface area (Å²) < 4.78 is 13.1. The van der Waals surface area contributed by atoms with E-state index in [2.05, 4.69) is 5.32 Å². The van der Waals surface area contributed by atoms with E-state index in [1.807, 2.05) is 0 Å². The van der Waals surface area contributed by atoms with Crippen molar-refractivity contribution in [3.05, 3.63) is 71.2 Å². The van der Waals surface area contributed by atoms with Gasteiger partial charge in [0.1, 0.15) is 23.7 Å². The number of carbonyl (C=O) groups is 3. The number of carboxylic acids is 1. The molecule has 162 valence electrons. The Bertz CT molecular complexity index is 1020. The number of aliphatic hydroxyl groups excluding tert-OH is 2. The molecule has 0 aliphatic carbocycles. The summed E-state index contributed by atoms with van der Waals surface area (Å²) in [7, 11) is 0. The summed E-state index contributed by atoms with van der Waals surface area (Å²) in [6.45, 7) is -1.05. The summed E-state index contributed by atoms with van der Waals surface area (Å²) in [5.41, 5.74) is 1.69. The number of benzene rings is 2. The Hall–Kier alpha value is -3.72. The van der Waals surface area contributed by atoms with Crippen LogP contribution in [0.1, 0.15) is 18.0 Å². The Morgan fingerprint density at radius 2 is 1.65 bits per heavy atom. The molecule has 0 spiro atoms. The number of carbonyl (C=O) groups excluding carboxylic acids is 2. The molecule has 1 atom stereocenters. The van der Waals surface area contributed by atoms with Crippen molar-refractivity contribution >= 4 is 17.8 Å². The highest BCUT2D eigenvalue weighted by Gasteiger charge is 2.36. The number of rotatable bonds is 7. The van der Waals surface area contributed by atoms with Gasteiger partial charge in [0.2, 0.25) is 0 Å². The molecule has 0 saturated carbocycles. The number of amides is 2. The average Bonchev–Trinajstić information content (AvgIpc) is 2.75. The van der Waals surface area contributed by atoms with E-state index in [0.29, 0.717) is 5.56 Å². The lowest BCUT2D eigenvalue weighted by molar-refractivity contribution is -0.139. The lowest BCUT2D eigenvalue weighted by Crippen LogP contribution is -2.46. The fraction of sp³-hybridized carbons (Fsp3) is 0.227. The van der Waals surface area contributed by atoms with Gasteiger partial charge in [0.25, 0.3) is 11.8 Å². The van der Waals surface area contributed by atoms with Gasteiger partial charge in [0.05, 0.1) is 12.6 Å². The van der Waals surface area contributed by atoms with E-state index in [1.165, 1.54) is 17.0 Å². The third-order valence-corrected chi connectivity index (χ3v) is 5.00. The molecule has 9 heteroatoms. The molecule has 2 amide bonds. The monoisotopic (exact) mass is 428 g/mol. The normalized spacial score (nSPS) is 15.0. The van der Waals surface area contributed by atoms with E-state index >= 15 is 0 Å². The van der Waals surface area contributed by atoms with Crippen molar-refractivity contribution in [2.45, 2.75) is 12.5 Å². The highest BCUT2D eigenvalue weighted by molar-refractivity contribution is 6.19. The van der Waals surface area contributed by atoms with Gasteiger partial charge in [-0.2, -0.15) is 0 Å². The van der Waals surface area contributed by atoms with Crippen LogP contribution < -0.4 is 5.32 Å². The number of aliphatic hydroxyl groups is 2. The first-order valence-electron chi connectivity index (χ1n) is 9.51. The van der Waals surface area contributed by atoms with Crippen molar-refractivity contribution in [3.63, 3.8) is 0 Å². The van der Waals surface area contributed by atoms with Gasteiger partial charge in [0.15, 0.2) is 0 Å². The van der Waals surface area contributed by atoms with Crippen LogP contribution in [-0.4, -0.2) is 57.7 Å². The topological polar surface area (TPSA) is 127 Å². The molecular formula is C22H21FN2O6. The lowest BCUT2D eigenvalue weighted by Gasteiger charge is -2.34. The summed E-state index contributed by atoms with van der Waals surface area (Å²) >= 11 is 0. The summed E-state index contributed by atoms with van der Waals surface area (Å²) in [6.07, 6.45) is -0.00821. The van der Waals surface area contributed by atoms with Crippen LogP contribution in [0.15, 0.2) is 59.9 Å². The number of hydrogen-bond donors (Lipinski definition) is 4. The quantitative estimate of drug-likeness (QED) is 0.498. The van der Waals surface area contributed by atoms with Gasteiger partial charge in [-0.3, -0.25) is 14.4 Å². The molecule has 1 aliphatic rings. The van der Waals surface area contributed by atoms with Gasteiger partial charge in [-0.1, -0.05) is 36.4 Å². The zero-order chi connectivity index (χ0) is 22.5. The van der Waals surface area contributed by atoms with Gasteiger partial charge in [-0.25, -0.2) is 4.39 Å². The highest BCUT2D eigenvalue weighted by atomic mass is 19.1. The van der Waals surface area contributed by atoms with Gasteiger partial charge < -0.3 is 25.5 Å². The molecule has 1 unspecified atom stereocenters. The van der Waals surface area contributed by atoms with Gasteiger partial charge in [-0.15, -0.1) is 0 Å². The van der Waals surface area contributed by atoms with E-state index in [9.17, 15) is 29.0 Å². The van der Waals surface area contributed by atoms with Crippen molar-refractivity contribution in [3.8, 4) is 11.1 Å². The van der Waals surface area contributed by atoms with E-state index in [0.717, 1.165) is 11.1 Å². The van der Waals surface area contributed by atoms with Crippen molar-refractivity contribution in [2.75, 3.05) is 19.7 Å². The van der Waals surface area contributed by atoms with Crippen LogP contribution in [0.2, 0.25) is 0 Å². The van der Waals surface area contributed by atoms with Gasteiger partial charge in [0, 0.05) is 13.0 Å². The Morgan fingerprint density at radius 3 is 2.19 bits per heavy atom. The minimum Gasteiger partial charge on any atom is -0.511 e. The molecule has 2 aromatic rings. The number of carboxylic acid groups (broad SMARTS) is 1. The number of halogens is 1. The maximum atomic E-state index is 13.1. The fourth-order valence-corrected chi connectivity index (χ4v) is 3.41. The Labute approximate surface area is 177 Å². The number of aliphatic carboxylic acids is 1. The van der Waals surface area contributed by atoms with Crippen molar-refractivity contribution < 1.29 is 34.1 Å². The molecule has 3 rings (SSSR count). The maximum absolute atomic E-state index is 13.1. The molecule has 0 fully saturated rings. The molecule has 8 nitrogen and oxygen atoms in total. The molecule has 31 heavy (non-hydrogen) atoms. The predicted octanol–water partition coefficient (Wildman–Crippen LogP) is 1.77. The molecule has 0 aromatic heterocycles. The van der Waals surface area contributed by atoms with E-state index in [4.69, 9.17) is 5.11 Å². The molecule has 0 radical (unpaired) electrons. The van der Waals surface area contributed by atoms with Gasteiger partial charge >= 0.3 is 5.97 Å². The number of nitrogens with zero attached hydrogens (tertiary/aromatic N) is 1. The van der Waals surface area contributed by atoms with Gasteiger partial charge in [-0.05, 0) is 28.8 Å². The van der Waals surface area contributed by atoms with E-state index in [1.54, 1.807) is 36.4 Å². The second-order valence-electron chi connectivity index (χ2n) is 6.97. The van der Waals surface area contributed by atoms with Crippen LogP contribution >= 0.6 is 0 Å². The average molecular weight is 428 g/mol. The van der Waals surface area contributed by atoms with Crippen LogP contribution in [0.3, 0.4) is 0 Å². The molecule has 1 heterocycles. The minimum atomic E-state index is -1.29. The number of hydrogen-bond acceptors (Lipinski definition) is 5. The van der Waals surface area contributed by atoms with Crippen molar-refractivity contribution in [2.24, 2.45) is 0 Å². The SMILES string of the molecule is O=C(O)CNC(=O)C1=C(O)CCN(C(CO)c2ccc(-c3ccc(F)cc3)cc2)C1=O. The van der Waals surface area contributed by atoms with Crippen LogP contribution in [-0.2, 0) is 14.4 Å². The third-order valence-electron chi connectivity index (χ3n) is 5.00. The van der Waals surface area contributed by atoms with Crippen LogP contribution in [0.5, 0.6) is 0 Å². The Kier molecular flexibility index (Phi) is 6.66. The summed E-state index contributed by atoms with van der Waals surface area (Å²) in [5, 5.41) is 30.7.